The molecule has 1 saturated carbocycles. The van der Waals surface area contributed by atoms with Crippen molar-refractivity contribution < 1.29 is 23.8 Å². The summed E-state index contributed by atoms with van der Waals surface area (Å²) in [7, 11) is 1.69. The number of aliphatic carboxylic acids is 1. The summed E-state index contributed by atoms with van der Waals surface area (Å²) in [6.07, 6.45) is 2.59. The molecule has 0 saturated heterocycles. The molecule has 25 heavy (non-hydrogen) atoms. The lowest BCUT2D eigenvalue weighted by molar-refractivity contribution is -0.144. The zero-order valence-electron chi connectivity index (χ0n) is 13.8. The zero-order valence-corrected chi connectivity index (χ0v) is 13.8. The number of aromatic nitrogens is 2. The average molecular weight is 347 g/mol. The van der Waals surface area contributed by atoms with Gasteiger partial charge in [0, 0.05) is 24.4 Å². The second-order valence-corrected chi connectivity index (χ2v) is 6.04. The Morgan fingerprint density at radius 3 is 2.76 bits per heavy atom. The van der Waals surface area contributed by atoms with Crippen molar-refractivity contribution in [3.8, 4) is 5.75 Å². The number of carboxylic acids is 1. The predicted octanol–water partition coefficient (Wildman–Crippen LogP) is 2.54. The Bertz CT molecular complexity index is 829. The number of ether oxygens (including phenoxy) is 1. The third kappa shape index (κ3) is 3.62. The van der Waals surface area contributed by atoms with Crippen LogP contribution in [0, 0.1) is 5.82 Å². The molecule has 2 aromatic rings. The number of nitrogens with one attached hydrogen (secondary N) is 1. The molecule has 0 radical (unpaired) electrons. The van der Waals surface area contributed by atoms with Crippen LogP contribution in [-0.4, -0.2) is 32.9 Å². The van der Waals surface area contributed by atoms with Crippen LogP contribution in [0.4, 0.5) is 10.1 Å². The summed E-state index contributed by atoms with van der Waals surface area (Å²) in [6.45, 7) is 1.30. The van der Waals surface area contributed by atoms with Gasteiger partial charge in [-0.3, -0.25) is 9.48 Å². The van der Waals surface area contributed by atoms with Crippen molar-refractivity contribution in [1.29, 1.82) is 0 Å². The number of carboxylic acid groups (broad SMARTS) is 1. The Labute approximate surface area is 143 Å². The normalized spacial score (nSPS) is 14.8. The molecule has 8 heteroatoms. The molecule has 0 spiro atoms. The number of carbonyl (C=O) groups is 2. The van der Waals surface area contributed by atoms with Gasteiger partial charge in [-0.05, 0) is 37.8 Å². The van der Waals surface area contributed by atoms with Crippen LogP contribution in [0.5, 0.6) is 5.75 Å². The fourth-order valence-corrected chi connectivity index (χ4v) is 2.53. The van der Waals surface area contributed by atoms with E-state index in [1.54, 1.807) is 13.2 Å². The van der Waals surface area contributed by atoms with E-state index in [9.17, 15) is 14.0 Å². The van der Waals surface area contributed by atoms with Gasteiger partial charge in [0.05, 0.1) is 6.20 Å². The number of benzene rings is 1. The molecule has 2 N–H and O–H groups in total. The molecule has 1 aliphatic carbocycles. The fourth-order valence-electron chi connectivity index (χ4n) is 2.53. The molecule has 0 aliphatic heterocycles. The maximum Gasteiger partial charge on any atom is 0.344 e. The molecule has 1 unspecified atom stereocenters. The summed E-state index contributed by atoms with van der Waals surface area (Å²) in [4.78, 5) is 23.3. The summed E-state index contributed by atoms with van der Waals surface area (Å²) in [5.74, 6) is -2.14. The van der Waals surface area contributed by atoms with E-state index >= 15 is 0 Å². The first-order chi connectivity index (χ1) is 11.9. The summed E-state index contributed by atoms with van der Waals surface area (Å²) in [6, 6.07) is 3.84. The van der Waals surface area contributed by atoms with E-state index in [4.69, 9.17) is 9.84 Å². The molecule has 1 amide bonds. The minimum Gasteiger partial charge on any atom is -0.479 e. The van der Waals surface area contributed by atoms with E-state index in [1.165, 1.54) is 23.7 Å². The number of aryl methyl sites for hydroxylation is 1. The Hall–Kier alpha value is -2.90. The van der Waals surface area contributed by atoms with Gasteiger partial charge < -0.3 is 15.2 Å². The molecule has 132 valence electrons. The number of rotatable bonds is 6. The highest BCUT2D eigenvalue weighted by Crippen LogP contribution is 2.41. The van der Waals surface area contributed by atoms with E-state index in [-0.39, 0.29) is 17.3 Å². The van der Waals surface area contributed by atoms with Gasteiger partial charge in [0.1, 0.15) is 5.69 Å². The molecule has 7 nitrogen and oxygen atoms in total. The van der Waals surface area contributed by atoms with Crippen LogP contribution >= 0.6 is 0 Å². The van der Waals surface area contributed by atoms with Crippen LogP contribution in [0.2, 0.25) is 0 Å². The number of carbonyl (C=O) groups excluding carboxylic acids is 1. The van der Waals surface area contributed by atoms with E-state index in [2.05, 4.69) is 10.4 Å². The average Bonchev–Trinajstić information content (AvgIpc) is 3.32. The third-order valence-electron chi connectivity index (χ3n) is 4.04. The quantitative estimate of drug-likeness (QED) is 0.837. The molecule has 1 aliphatic rings. The van der Waals surface area contributed by atoms with Crippen LogP contribution in [0.15, 0.2) is 24.4 Å². The Morgan fingerprint density at radius 1 is 1.44 bits per heavy atom. The summed E-state index contributed by atoms with van der Waals surface area (Å²) in [5, 5.41) is 15.6. The first-order valence-corrected chi connectivity index (χ1v) is 7.89. The number of halogens is 1. The van der Waals surface area contributed by atoms with Crippen molar-refractivity contribution in [2.45, 2.75) is 31.8 Å². The largest absolute Gasteiger partial charge is 0.479 e. The number of hydrogen-bond donors (Lipinski definition) is 2. The minimum absolute atomic E-state index is 0.188. The van der Waals surface area contributed by atoms with Crippen molar-refractivity contribution in [3.05, 3.63) is 41.5 Å². The van der Waals surface area contributed by atoms with Crippen molar-refractivity contribution in [2.75, 3.05) is 5.32 Å². The third-order valence-corrected chi connectivity index (χ3v) is 4.04. The molecule has 3 rings (SSSR count). The van der Waals surface area contributed by atoms with Crippen LogP contribution in [0.3, 0.4) is 0 Å². The summed E-state index contributed by atoms with van der Waals surface area (Å²) < 4.78 is 20.6. The summed E-state index contributed by atoms with van der Waals surface area (Å²) >= 11 is 0. The molecule has 1 atom stereocenters. The minimum atomic E-state index is -1.19. The van der Waals surface area contributed by atoms with E-state index in [0.717, 1.165) is 24.5 Å². The molecule has 0 bridgehead atoms. The molecular weight excluding hydrogens is 329 g/mol. The fraction of sp³-hybridized carbons (Fsp3) is 0.353. The maximum absolute atomic E-state index is 14.1. The van der Waals surface area contributed by atoms with Crippen LogP contribution in [0.25, 0.3) is 0 Å². The maximum atomic E-state index is 14.1. The molecular formula is C17H18FN3O4. The van der Waals surface area contributed by atoms with Crippen LogP contribution < -0.4 is 10.1 Å². The number of nitrogens with zero attached hydrogens (tertiary/aromatic N) is 2. The van der Waals surface area contributed by atoms with Gasteiger partial charge in [-0.25, -0.2) is 9.18 Å². The lowest BCUT2D eigenvalue weighted by Gasteiger charge is -2.12. The first kappa shape index (κ1) is 16.9. The van der Waals surface area contributed by atoms with E-state index in [1.807, 2.05) is 0 Å². The number of anilines is 1. The number of hydrogen-bond acceptors (Lipinski definition) is 4. The zero-order chi connectivity index (χ0) is 18.1. The lowest BCUT2D eigenvalue weighted by Crippen LogP contribution is -2.23. The Balaban J connectivity index is 1.75. The van der Waals surface area contributed by atoms with Gasteiger partial charge in [0.2, 0.25) is 0 Å². The van der Waals surface area contributed by atoms with E-state index in [0.29, 0.717) is 11.6 Å². The second-order valence-electron chi connectivity index (χ2n) is 6.04. The van der Waals surface area contributed by atoms with Crippen LogP contribution in [-0.2, 0) is 11.8 Å². The number of amides is 1. The van der Waals surface area contributed by atoms with Gasteiger partial charge in [-0.15, -0.1) is 0 Å². The topological polar surface area (TPSA) is 93.5 Å². The van der Waals surface area contributed by atoms with Crippen molar-refractivity contribution in [1.82, 2.24) is 9.78 Å². The van der Waals surface area contributed by atoms with Crippen molar-refractivity contribution in [2.24, 2.45) is 7.05 Å². The smallest absolute Gasteiger partial charge is 0.344 e. The molecule has 1 heterocycles. The van der Waals surface area contributed by atoms with E-state index < -0.39 is 17.9 Å². The van der Waals surface area contributed by atoms with Gasteiger partial charge in [0.25, 0.3) is 5.91 Å². The molecule has 1 aromatic heterocycles. The highest BCUT2D eigenvalue weighted by Gasteiger charge is 2.31. The monoisotopic (exact) mass is 347 g/mol. The standard InChI is InChI=1S/C17H18FN3O4/c1-9(17(23)24)25-14-6-5-11(7-13(14)18)20-16(22)15-12(10-3-4-10)8-19-21(15)2/h5-10H,3-4H2,1-2H3,(H,20,22)(H,23,24). The Morgan fingerprint density at radius 2 is 2.16 bits per heavy atom. The molecule has 1 aromatic carbocycles. The highest BCUT2D eigenvalue weighted by atomic mass is 19.1. The van der Waals surface area contributed by atoms with Gasteiger partial charge in [-0.2, -0.15) is 5.10 Å². The molecule has 1 fully saturated rings. The first-order valence-electron chi connectivity index (χ1n) is 7.89. The van der Waals surface area contributed by atoms with Gasteiger partial charge in [-0.1, -0.05) is 0 Å². The summed E-state index contributed by atoms with van der Waals surface area (Å²) in [5.41, 5.74) is 1.61. The second kappa shape index (κ2) is 6.54. The highest BCUT2D eigenvalue weighted by molar-refractivity contribution is 6.04. The van der Waals surface area contributed by atoms with Crippen molar-refractivity contribution >= 4 is 17.6 Å². The Kier molecular flexibility index (Phi) is 4.43. The predicted molar refractivity (Wildman–Crippen MR) is 87.3 cm³/mol. The van der Waals surface area contributed by atoms with Gasteiger partial charge >= 0.3 is 5.97 Å². The lowest BCUT2D eigenvalue weighted by atomic mass is 10.1. The van der Waals surface area contributed by atoms with Gasteiger partial charge in [0.15, 0.2) is 17.7 Å². The van der Waals surface area contributed by atoms with Crippen molar-refractivity contribution in [3.63, 3.8) is 0 Å². The van der Waals surface area contributed by atoms with Crippen LogP contribution in [0.1, 0.15) is 41.7 Å². The SMILES string of the molecule is CC(Oc1ccc(NC(=O)c2c(C3CC3)cnn2C)cc1F)C(=O)O.